The third-order valence-electron chi connectivity index (χ3n) is 3.84. The fraction of sp³-hybridized carbons (Fsp3) is 0.150. The van der Waals surface area contributed by atoms with E-state index in [1.54, 1.807) is 7.11 Å². The Balaban J connectivity index is 1.83. The topological polar surface area (TPSA) is 38.3 Å². The van der Waals surface area contributed by atoms with Crippen LogP contribution >= 0.6 is 11.3 Å². The first-order chi connectivity index (χ1) is 11.7. The molecule has 1 amide bonds. The van der Waals surface area contributed by atoms with E-state index in [4.69, 9.17) is 4.74 Å². The molecule has 122 valence electrons. The number of aryl methyl sites for hydroxylation is 1. The van der Waals surface area contributed by atoms with E-state index < -0.39 is 0 Å². The van der Waals surface area contributed by atoms with Crippen LogP contribution in [0.15, 0.2) is 60.0 Å². The lowest BCUT2D eigenvalue weighted by Gasteiger charge is -2.12. The molecule has 3 rings (SSSR count). The molecule has 1 N–H and O–H groups in total. The molecule has 0 saturated carbocycles. The highest BCUT2D eigenvalue weighted by atomic mass is 32.1. The smallest absolute Gasteiger partial charge is 0.265 e. The molecule has 4 heteroatoms. The Morgan fingerprint density at radius 1 is 1.12 bits per heavy atom. The SMILES string of the molecule is COc1ccc(NC(=O)c2sccc2C)cc1Cc1ccccc1. The maximum absolute atomic E-state index is 12.4. The lowest BCUT2D eigenvalue weighted by Crippen LogP contribution is -2.11. The van der Waals surface area contributed by atoms with Gasteiger partial charge in [0.2, 0.25) is 0 Å². The molecule has 0 aliphatic heterocycles. The molecule has 0 aliphatic rings. The minimum absolute atomic E-state index is 0.0710. The number of anilines is 1. The summed E-state index contributed by atoms with van der Waals surface area (Å²) in [7, 11) is 1.66. The number of carbonyl (C=O) groups excluding carboxylic acids is 1. The minimum atomic E-state index is -0.0710. The lowest BCUT2D eigenvalue weighted by molar-refractivity contribution is 0.103. The number of rotatable bonds is 5. The Morgan fingerprint density at radius 2 is 1.92 bits per heavy atom. The number of benzene rings is 2. The molecule has 0 fully saturated rings. The normalized spacial score (nSPS) is 10.4. The first kappa shape index (κ1) is 16.3. The van der Waals surface area contributed by atoms with Crippen LogP contribution in [0.1, 0.15) is 26.4 Å². The molecular weight excluding hydrogens is 318 g/mol. The van der Waals surface area contributed by atoms with E-state index in [0.29, 0.717) is 0 Å². The largest absolute Gasteiger partial charge is 0.496 e. The molecule has 0 aliphatic carbocycles. The van der Waals surface area contributed by atoms with Crippen molar-refractivity contribution >= 4 is 22.9 Å². The van der Waals surface area contributed by atoms with Crippen molar-refractivity contribution in [3.05, 3.63) is 81.5 Å². The van der Waals surface area contributed by atoms with E-state index in [0.717, 1.165) is 33.9 Å². The molecule has 0 radical (unpaired) electrons. The number of nitrogens with one attached hydrogen (secondary N) is 1. The standard InChI is InChI=1S/C20H19NO2S/c1-14-10-11-24-19(14)20(22)21-17-8-9-18(23-2)16(13-17)12-15-6-4-3-5-7-15/h3-11,13H,12H2,1-2H3,(H,21,22). The van der Waals surface area contributed by atoms with Crippen LogP contribution in [0.5, 0.6) is 5.75 Å². The summed E-state index contributed by atoms with van der Waals surface area (Å²) in [6, 6.07) is 17.9. The highest BCUT2D eigenvalue weighted by molar-refractivity contribution is 7.12. The third-order valence-corrected chi connectivity index (χ3v) is 4.86. The summed E-state index contributed by atoms with van der Waals surface area (Å²) in [6.07, 6.45) is 0.756. The average molecular weight is 337 g/mol. The van der Waals surface area contributed by atoms with Gasteiger partial charge in [-0.1, -0.05) is 30.3 Å². The van der Waals surface area contributed by atoms with Gasteiger partial charge in [0.25, 0.3) is 5.91 Å². The number of hydrogen-bond acceptors (Lipinski definition) is 3. The molecule has 24 heavy (non-hydrogen) atoms. The van der Waals surface area contributed by atoms with E-state index in [1.807, 2.05) is 54.8 Å². The van der Waals surface area contributed by atoms with E-state index in [9.17, 15) is 4.79 Å². The average Bonchev–Trinajstić information content (AvgIpc) is 3.02. The number of methoxy groups -OCH3 is 1. The van der Waals surface area contributed by atoms with Crippen molar-refractivity contribution in [3.63, 3.8) is 0 Å². The fourth-order valence-electron chi connectivity index (χ4n) is 2.60. The molecule has 0 spiro atoms. The van der Waals surface area contributed by atoms with Crippen LogP contribution in [-0.4, -0.2) is 13.0 Å². The van der Waals surface area contributed by atoms with Gasteiger partial charge >= 0.3 is 0 Å². The summed E-state index contributed by atoms with van der Waals surface area (Å²) in [6.45, 7) is 1.94. The number of carbonyl (C=O) groups is 1. The number of ether oxygens (including phenoxy) is 1. The van der Waals surface area contributed by atoms with Crippen LogP contribution in [0.2, 0.25) is 0 Å². The number of hydrogen-bond donors (Lipinski definition) is 1. The van der Waals surface area contributed by atoms with Crippen LogP contribution in [0, 0.1) is 6.92 Å². The van der Waals surface area contributed by atoms with E-state index in [2.05, 4.69) is 17.4 Å². The lowest BCUT2D eigenvalue weighted by atomic mass is 10.0. The zero-order valence-electron chi connectivity index (χ0n) is 13.7. The van der Waals surface area contributed by atoms with Crippen LogP contribution in [0.4, 0.5) is 5.69 Å². The predicted molar refractivity (Wildman–Crippen MR) is 99.3 cm³/mol. The summed E-state index contributed by atoms with van der Waals surface area (Å²) >= 11 is 1.45. The molecule has 3 nitrogen and oxygen atoms in total. The molecule has 2 aromatic carbocycles. The number of thiophene rings is 1. The van der Waals surface area contributed by atoms with Crippen LogP contribution < -0.4 is 10.1 Å². The van der Waals surface area contributed by atoms with Crippen LogP contribution in [0.3, 0.4) is 0 Å². The van der Waals surface area contributed by atoms with Gasteiger partial charge in [-0.25, -0.2) is 0 Å². The maximum Gasteiger partial charge on any atom is 0.265 e. The highest BCUT2D eigenvalue weighted by Gasteiger charge is 2.12. The van der Waals surface area contributed by atoms with E-state index in [-0.39, 0.29) is 5.91 Å². The Morgan fingerprint density at radius 3 is 2.58 bits per heavy atom. The number of amides is 1. The van der Waals surface area contributed by atoms with Gasteiger partial charge in [-0.05, 0) is 47.7 Å². The van der Waals surface area contributed by atoms with Crippen LogP contribution in [-0.2, 0) is 6.42 Å². The first-order valence-electron chi connectivity index (χ1n) is 7.73. The van der Waals surface area contributed by atoms with Crippen molar-refractivity contribution in [2.45, 2.75) is 13.3 Å². The zero-order valence-corrected chi connectivity index (χ0v) is 14.5. The summed E-state index contributed by atoms with van der Waals surface area (Å²) in [5.41, 5.74) is 4.02. The highest BCUT2D eigenvalue weighted by Crippen LogP contribution is 2.26. The van der Waals surface area contributed by atoms with Crippen molar-refractivity contribution in [2.75, 3.05) is 12.4 Å². The van der Waals surface area contributed by atoms with Gasteiger partial charge in [0.1, 0.15) is 5.75 Å². The van der Waals surface area contributed by atoms with Crippen molar-refractivity contribution in [1.29, 1.82) is 0 Å². The predicted octanol–water partition coefficient (Wildman–Crippen LogP) is 4.91. The minimum Gasteiger partial charge on any atom is -0.496 e. The summed E-state index contributed by atoms with van der Waals surface area (Å²) in [5, 5.41) is 4.91. The fourth-order valence-corrected chi connectivity index (χ4v) is 3.42. The van der Waals surface area contributed by atoms with Crippen molar-refractivity contribution < 1.29 is 9.53 Å². The monoisotopic (exact) mass is 337 g/mol. The molecule has 0 unspecified atom stereocenters. The quantitative estimate of drug-likeness (QED) is 0.718. The molecule has 3 aromatic rings. The van der Waals surface area contributed by atoms with Gasteiger partial charge in [-0.3, -0.25) is 4.79 Å². The third kappa shape index (κ3) is 3.66. The van der Waals surface area contributed by atoms with Crippen molar-refractivity contribution in [3.8, 4) is 5.75 Å². The van der Waals surface area contributed by atoms with E-state index in [1.165, 1.54) is 16.9 Å². The zero-order chi connectivity index (χ0) is 16.9. The molecule has 1 heterocycles. The molecule has 0 bridgehead atoms. The van der Waals surface area contributed by atoms with Crippen molar-refractivity contribution in [2.24, 2.45) is 0 Å². The second kappa shape index (κ2) is 7.32. The molecule has 1 aromatic heterocycles. The summed E-state index contributed by atoms with van der Waals surface area (Å²) in [4.78, 5) is 13.1. The second-order valence-electron chi connectivity index (χ2n) is 5.58. The Labute approximate surface area is 145 Å². The Kier molecular flexibility index (Phi) is 4.96. The van der Waals surface area contributed by atoms with Gasteiger partial charge in [0, 0.05) is 17.7 Å². The van der Waals surface area contributed by atoms with Crippen molar-refractivity contribution in [1.82, 2.24) is 0 Å². The first-order valence-corrected chi connectivity index (χ1v) is 8.61. The molecule has 0 atom stereocenters. The summed E-state index contributed by atoms with van der Waals surface area (Å²) in [5.74, 6) is 0.752. The molecular formula is C20H19NO2S. The van der Waals surface area contributed by atoms with Gasteiger partial charge in [0.05, 0.1) is 12.0 Å². The van der Waals surface area contributed by atoms with Gasteiger partial charge in [0.15, 0.2) is 0 Å². The summed E-state index contributed by atoms with van der Waals surface area (Å²) < 4.78 is 5.46. The van der Waals surface area contributed by atoms with Gasteiger partial charge < -0.3 is 10.1 Å². The van der Waals surface area contributed by atoms with Crippen LogP contribution in [0.25, 0.3) is 0 Å². The van der Waals surface area contributed by atoms with Gasteiger partial charge in [-0.15, -0.1) is 11.3 Å². The molecule has 0 saturated heterocycles. The van der Waals surface area contributed by atoms with Gasteiger partial charge in [-0.2, -0.15) is 0 Å². The second-order valence-corrected chi connectivity index (χ2v) is 6.49. The Bertz CT molecular complexity index is 840. The van der Waals surface area contributed by atoms with E-state index >= 15 is 0 Å². The maximum atomic E-state index is 12.4. The Hall–Kier alpha value is -2.59.